The van der Waals surface area contributed by atoms with E-state index in [2.05, 4.69) is 31.5 Å². The number of carbonyl (C=O) groups is 1. The first kappa shape index (κ1) is 8.50. The number of aromatic nitrogens is 1. The monoisotopic (exact) mass is 241 g/mol. The summed E-state index contributed by atoms with van der Waals surface area (Å²) in [6.07, 6.45) is 3.47. The Labute approximate surface area is 83.9 Å². The molecule has 13 heavy (non-hydrogen) atoms. The lowest BCUT2D eigenvalue weighted by atomic mass is 10.1. The van der Waals surface area contributed by atoms with Crippen molar-refractivity contribution in [3.05, 3.63) is 28.5 Å². The van der Waals surface area contributed by atoms with E-state index in [0.29, 0.717) is 6.54 Å². The first-order valence-corrected chi connectivity index (χ1v) is 4.70. The van der Waals surface area contributed by atoms with E-state index >= 15 is 0 Å². The highest BCUT2D eigenvalue weighted by molar-refractivity contribution is 9.10. The van der Waals surface area contributed by atoms with Gasteiger partial charge in [0.15, 0.2) is 0 Å². The van der Waals surface area contributed by atoms with E-state index in [-0.39, 0.29) is 12.1 Å². The highest BCUT2D eigenvalue weighted by Gasteiger charge is 2.21. The number of hydrogen-bond donors (Lipinski definition) is 2. The number of hydrogen-bond acceptors (Lipinski definition) is 2. The minimum absolute atomic E-state index is 0.0394. The van der Waals surface area contributed by atoms with E-state index in [1.807, 2.05) is 6.07 Å². The molecule has 68 valence electrons. The molecular weight excluding hydrogens is 234 g/mol. The zero-order chi connectivity index (χ0) is 9.26. The molecule has 2 amide bonds. The summed E-state index contributed by atoms with van der Waals surface area (Å²) < 4.78 is 0.922. The van der Waals surface area contributed by atoms with Crippen molar-refractivity contribution in [1.82, 2.24) is 15.6 Å². The summed E-state index contributed by atoms with van der Waals surface area (Å²) in [6.45, 7) is 0.622. The highest BCUT2D eigenvalue weighted by Crippen LogP contribution is 2.17. The summed E-state index contributed by atoms with van der Waals surface area (Å²) in [6, 6.07) is 1.87. The van der Waals surface area contributed by atoms with Crippen LogP contribution in [0.5, 0.6) is 0 Å². The predicted molar refractivity (Wildman–Crippen MR) is 51.2 cm³/mol. The molecule has 1 aliphatic heterocycles. The molecule has 5 heteroatoms. The Kier molecular flexibility index (Phi) is 2.18. The Bertz CT molecular complexity index is 342. The number of pyridine rings is 1. The number of urea groups is 1. The quantitative estimate of drug-likeness (QED) is 0.777. The third kappa shape index (κ3) is 1.80. The third-order valence-electron chi connectivity index (χ3n) is 1.90. The second-order valence-electron chi connectivity index (χ2n) is 2.84. The first-order valence-electron chi connectivity index (χ1n) is 3.90. The van der Waals surface area contributed by atoms with Crippen LogP contribution in [0.25, 0.3) is 0 Å². The molecule has 1 fully saturated rings. The van der Waals surface area contributed by atoms with Gasteiger partial charge in [-0.25, -0.2) is 4.79 Å². The van der Waals surface area contributed by atoms with Crippen LogP contribution in [0, 0.1) is 0 Å². The molecule has 0 saturated carbocycles. The van der Waals surface area contributed by atoms with Crippen molar-refractivity contribution in [1.29, 1.82) is 0 Å². The van der Waals surface area contributed by atoms with Crippen LogP contribution < -0.4 is 10.6 Å². The molecule has 2 heterocycles. The fourth-order valence-corrected chi connectivity index (χ4v) is 1.66. The minimum atomic E-state index is -0.120. The van der Waals surface area contributed by atoms with Gasteiger partial charge >= 0.3 is 6.03 Å². The van der Waals surface area contributed by atoms with Gasteiger partial charge in [0.05, 0.1) is 6.04 Å². The number of nitrogens with zero attached hydrogens (tertiary/aromatic N) is 1. The second kappa shape index (κ2) is 3.33. The molecule has 4 nitrogen and oxygen atoms in total. The van der Waals surface area contributed by atoms with E-state index in [1.54, 1.807) is 12.4 Å². The van der Waals surface area contributed by atoms with Gasteiger partial charge in [0.2, 0.25) is 0 Å². The number of amides is 2. The summed E-state index contributed by atoms with van der Waals surface area (Å²) in [4.78, 5) is 14.9. The van der Waals surface area contributed by atoms with E-state index in [9.17, 15) is 4.79 Å². The summed E-state index contributed by atoms with van der Waals surface area (Å²) >= 11 is 3.33. The van der Waals surface area contributed by atoms with Crippen LogP contribution in [0.3, 0.4) is 0 Å². The van der Waals surface area contributed by atoms with Crippen molar-refractivity contribution in [2.45, 2.75) is 6.04 Å². The Balaban J connectivity index is 2.21. The third-order valence-corrected chi connectivity index (χ3v) is 2.33. The van der Waals surface area contributed by atoms with E-state index in [4.69, 9.17) is 0 Å². The van der Waals surface area contributed by atoms with Crippen molar-refractivity contribution in [2.24, 2.45) is 0 Å². The Morgan fingerprint density at radius 1 is 1.54 bits per heavy atom. The zero-order valence-electron chi connectivity index (χ0n) is 6.75. The SMILES string of the molecule is O=C1NC[C@H](c2cncc(Br)c2)N1. The molecule has 0 aromatic carbocycles. The predicted octanol–water partition coefficient (Wildman–Crippen LogP) is 1.20. The maximum atomic E-state index is 10.9. The molecule has 0 radical (unpaired) electrons. The topological polar surface area (TPSA) is 54.0 Å². The van der Waals surface area contributed by atoms with Crippen LogP contribution in [-0.2, 0) is 0 Å². The molecule has 0 aliphatic carbocycles. The standard InChI is InChI=1S/C8H8BrN3O/c9-6-1-5(2-10-3-6)7-4-11-8(13)12-7/h1-3,7H,4H2,(H2,11,12,13)/t7-/m1/s1. The molecule has 2 rings (SSSR count). The Morgan fingerprint density at radius 3 is 3.00 bits per heavy atom. The lowest BCUT2D eigenvalue weighted by molar-refractivity contribution is 0.247. The van der Waals surface area contributed by atoms with Crippen LogP contribution in [0.4, 0.5) is 4.79 Å². The van der Waals surface area contributed by atoms with Gasteiger partial charge in [0, 0.05) is 23.4 Å². The molecule has 1 atom stereocenters. The van der Waals surface area contributed by atoms with Crippen LogP contribution in [0.1, 0.15) is 11.6 Å². The average molecular weight is 242 g/mol. The van der Waals surface area contributed by atoms with E-state index in [1.165, 1.54) is 0 Å². The number of halogens is 1. The zero-order valence-corrected chi connectivity index (χ0v) is 8.34. The van der Waals surface area contributed by atoms with Crippen molar-refractivity contribution < 1.29 is 4.79 Å². The van der Waals surface area contributed by atoms with Gasteiger partial charge in [-0.1, -0.05) is 0 Å². The van der Waals surface area contributed by atoms with Gasteiger partial charge in [-0.2, -0.15) is 0 Å². The molecule has 0 unspecified atom stereocenters. The molecular formula is C8H8BrN3O. The van der Waals surface area contributed by atoms with Gasteiger partial charge in [-0.05, 0) is 27.6 Å². The smallest absolute Gasteiger partial charge is 0.315 e. The fourth-order valence-electron chi connectivity index (χ4n) is 1.28. The Morgan fingerprint density at radius 2 is 2.38 bits per heavy atom. The largest absolute Gasteiger partial charge is 0.336 e. The lowest BCUT2D eigenvalue weighted by Gasteiger charge is -2.07. The number of rotatable bonds is 1. The highest BCUT2D eigenvalue weighted by atomic mass is 79.9. The molecule has 1 aromatic rings. The fraction of sp³-hybridized carbons (Fsp3) is 0.250. The van der Waals surface area contributed by atoms with Gasteiger partial charge in [0.25, 0.3) is 0 Å². The van der Waals surface area contributed by atoms with Gasteiger partial charge < -0.3 is 10.6 Å². The molecule has 1 aliphatic rings. The first-order chi connectivity index (χ1) is 6.25. The maximum absolute atomic E-state index is 10.9. The van der Waals surface area contributed by atoms with Crippen molar-refractivity contribution in [2.75, 3.05) is 6.54 Å². The summed E-state index contributed by atoms with van der Waals surface area (Å²) in [5.74, 6) is 0. The normalized spacial score (nSPS) is 21.0. The van der Waals surface area contributed by atoms with Crippen molar-refractivity contribution in [3.63, 3.8) is 0 Å². The second-order valence-corrected chi connectivity index (χ2v) is 3.76. The molecule has 0 bridgehead atoms. The minimum Gasteiger partial charge on any atom is -0.336 e. The number of nitrogens with one attached hydrogen (secondary N) is 2. The lowest BCUT2D eigenvalue weighted by Crippen LogP contribution is -2.21. The summed E-state index contributed by atoms with van der Waals surface area (Å²) in [5, 5.41) is 5.48. The van der Waals surface area contributed by atoms with Crippen LogP contribution in [0.2, 0.25) is 0 Å². The van der Waals surface area contributed by atoms with Crippen molar-refractivity contribution >= 4 is 22.0 Å². The molecule has 2 N–H and O–H groups in total. The molecule has 0 spiro atoms. The van der Waals surface area contributed by atoms with Gasteiger partial charge in [0.1, 0.15) is 0 Å². The average Bonchev–Trinajstić information content (AvgIpc) is 2.52. The van der Waals surface area contributed by atoms with Crippen molar-refractivity contribution in [3.8, 4) is 0 Å². The summed E-state index contributed by atoms with van der Waals surface area (Å²) in [7, 11) is 0. The van der Waals surface area contributed by atoms with Crippen LogP contribution >= 0.6 is 15.9 Å². The van der Waals surface area contributed by atoms with Gasteiger partial charge in [-0.15, -0.1) is 0 Å². The van der Waals surface area contributed by atoms with Crippen LogP contribution in [0.15, 0.2) is 22.9 Å². The summed E-state index contributed by atoms with van der Waals surface area (Å²) in [5.41, 5.74) is 1.01. The molecule has 1 saturated heterocycles. The van der Waals surface area contributed by atoms with Crippen LogP contribution in [-0.4, -0.2) is 17.6 Å². The van der Waals surface area contributed by atoms with E-state index in [0.717, 1.165) is 10.0 Å². The van der Waals surface area contributed by atoms with Gasteiger partial charge in [-0.3, -0.25) is 4.98 Å². The number of carbonyl (C=O) groups excluding carboxylic acids is 1. The Hall–Kier alpha value is -1.10. The maximum Gasteiger partial charge on any atom is 0.315 e. The van der Waals surface area contributed by atoms with E-state index < -0.39 is 0 Å². The molecule has 1 aromatic heterocycles.